The number of hydrogen-bond donors (Lipinski definition) is 1. The minimum atomic E-state index is 0.879. The summed E-state index contributed by atoms with van der Waals surface area (Å²) in [6.07, 6.45) is 9.69. The molecule has 0 unspecified atom stereocenters. The fourth-order valence-corrected chi connectivity index (χ4v) is 2.04. The molecule has 0 amide bonds. The van der Waals surface area contributed by atoms with Crippen LogP contribution in [0.5, 0.6) is 0 Å². The highest BCUT2D eigenvalue weighted by molar-refractivity contribution is 4.57. The van der Waals surface area contributed by atoms with Gasteiger partial charge in [-0.3, -0.25) is 5.43 Å². The molecule has 96 valence electrons. The average molecular weight is 228 g/mol. The summed E-state index contributed by atoms with van der Waals surface area (Å²) in [7, 11) is 0. The molecule has 0 aromatic rings. The molecular formula is C13H28N2O. The first-order chi connectivity index (χ1) is 7.93. The van der Waals surface area contributed by atoms with Crippen LogP contribution in [0.2, 0.25) is 0 Å². The van der Waals surface area contributed by atoms with Gasteiger partial charge in [0.2, 0.25) is 0 Å². The van der Waals surface area contributed by atoms with Crippen molar-refractivity contribution in [1.29, 1.82) is 0 Å². The molecule has 0 bridgehead atoms. The Bertz CT molecular complexity index is 147. The summed E-state index contributed by atoms with van der Waals surface area (Å²) in [4.78, 5) is 0. The van der Waals surface area contributed by atoms with Crippen molar-refractivity contribution >= 4 is 0 Å². The second-order valence-electron chi connectivity index (χ2n) is 4.63. The van der Waals surface area contributed by atoms with Crippen molar-refractivity contribution in [2.45, 2.75) is 51.9 Å². The van der Waals surface area contributed by atoms with Gasteiger partial charge in [0.25, 0.3) is 0 Å². The molecule has 0 atom stereocenters. The van der Waals surface area contributed by atoms with Crippen molar-refractivity contribution in [3.63, 3.8) is 0 Å². The normalized spacial score (nSPS) is 17.8. The first-order valence-electron chi connectivity index (χ1n) is 6.99. The van der Waals surface area contributed by atoms with Crippen molar-refractivity contribution in [3.8, 4) is 0 Å². The van der Waals surface area contributed by atoms with Gasteiger partial charge >= 0.3 is 0 Å². The molecule has 0 aliphatic carbocycles. The molecule has 1 N–H and O–H groups in total. The third kappa shape index (κ3) is 7.20. The Morgan fingerprint density at radius 2 is 1.56 bits per heavy atom. The fraction of sp³-hybridized carbons (Fsp3) is 1.00. The predicted octanol–water partition coefficient (Wildman–Crippen LogP) is 2.57. The van der Waals surface area contributed by atoms with E-state index in [9.17, 15) is 0 Å². The first-order valence-corrected chi connectivity index (χ1v) is 6.99. The Balaban J connectivity index is 1.77. The minimum Gasteiger partial charge on any atom is -0.379 e. The Morgan fingerprint density at radius 1 is 0.938 bits per heavy atom. The van der Waals surface area contributed by atoms with E-state index in [2.05, 4.69) is 17.4 Å². The molecule has 0 aromatic carbocycles. The van der Waals surface area contributed by atoms with Crippen molar-refractivity contribution in [3.05, 3.63) is 0 Å². The van der Waals surface area contributed by atoms with Crippen LogP contribution in [0.4, 0.5) is 0 Å². The third-order valence-electron chi connectivity index (χ3n) is 3.13. The van der Waals surface area contributed by atoms with Gasteiger partial charge in [-0.25, -0.2) is 5.01 Å². The van der Waals surface area contributed by atoms with Crippen molar-refractivity contribution in [2.75, 3.05) is 32.8 Å². The largest absolute Gasteiger partial charge is 0.379 e. The van der Waals surface area contributed by atoms with E-state index in [1.54, 1.807) is 0 Å². The summed E-state index contributed by atoms with van der Waals surface area (Å²) in [5.74, 6) is 0. The summed E-state index contributed by atoms with van der Waals surface area (Å²) in [5, 5.41) is 2.29. The summed E-state index contributed by atoms with van der Waals surface area (Å²) in [6.45, 7) is 7.24. The molecule has 0 aromatic heterocycles. The van der Waals surface area contributed by atoms with Crippen LogP contribution in [0.3, 0.4) is 0 Å². The molecule has 0 spiro atoms. The number of hydrogen-bond acceptors (Lipinski definition) is 3. The number of nitrogens with zero attached hydrogens (tertiary/aromatic N) is 1. The van der Waals surface area contributed by atoms with Gasteiger partial charge in [0.15, 0.2) is 0 Å². The first kappa shape index (κ1) is 13.9. The summed E-state index contributed by atoms with van der Waals surface area (Å²) in [5.41, 5.74) is 3.48. The van der Waals surface area contributed by atoms with E-state index in [1.807, 2.05) is 0 Å². The van der Waals surface area contributed by atoms with Crippen LogP contribution in [-0.4, -0.2) is 37.9 Å². The lowest BCUT2D eigenvalue weighted by Gasteiger charge is -2.27. The van der Waals surface area contributed by atoms with Crippen LogP contribution >= 0.6 is 0 Å². The number of nitrogens with one attached hydrogen (secondary N) is 1. The van der Waals surface area contributed by atoms with Crippen LogP contribution in [0.1, 0.15) is 51.9 Å². The lowest BCUT2D eigenvalue weighted by molar-refractivity contribution is 0.0118. The lowest BCUT2D eigenvalue weighted by atomic mass is 10.1. The molecule has 3 heteroatoms. The average Bonchev–Trinajstić information content (AvgIpc) is 2.34. The molecule has 3 nitrogen and oxygen atoms in total. The number of rotatable bonds is 9. The van der Waals surface area contributed by atoms with Crippen LogP contribution in [-0.2, 0) is 4.74 Å². The number of unbranched alkanes of at least 4 members (excludes halogenated alkanes) is 6. The molecular weight excluding hydrogens is 200 g/mol. The molecule has 0 saturated carbocycles. The van der Waals surface area contributed by atoms with Crippen LogP contribution in [0.25, 0.3) is 0 Å². The molecule has 1 rings (SSSR count). The molecule has 1 heterocycles. The van der Waals surface area contributed by atoms with E-state index in [-0.39, 0.29) is 0 Å². The van der Waals surface area contributed by atoms with Gasteiger partial charge in [0, 0.05) is 19.6 Å². The topological polar surface area (TPSA) is 24.5 Å². The maximum atomic E-state index is 5.30. The minimum absolute atomic E-state index is 0.879. The summed E-state index contributed by atoms with van der Waals surface area (Å²) < 4.78 is 5.30. The molecule has 16 heavy (non-hydrogen) atoms. The van der Waals surface area contributed by atoms with Crippen LogP contribution < -0.4 is 5.43 Å². The summed E-state index contributed by atoms with van der Waals surface area (Å²) in [6, 6.07) is 0. The fourth-order valence-electron chi connectivity index (χ4n) is 2.04. The zero-order valence-corrected chi connectivity index (χ0v) is 10.8. The van der Waals surface area contributed by atoms with E-state index in [0.717, 1.165) is 32.8 Å². The van der Waals surface area contributed by atoms with Gasteiger partial charge in [-0.2, -0.15) is 0 Å². The maximum absolute atomic E-state index is 5.30. The van der Waals surface area contributed by atoms with Crippen molar-refractivity contribution in [2.24, 2.45) is 0 Å². The van der Waals surface area contributed by atoms with Gasteiger partial charge in [0.05, 0.1) is 13.2 Å². The molecule has 0 radical (unpaired) electrons. The van der Waals surface area contributed by atoms with Crippen molar-refractivity contribution in [1.82, 2.24) is 10.4 Å². The van der Waals surface area contributed by atoms with Crippen LogP contribution in [0, 0.1) is 0 Å². The Morgan fingerprint density at radius 3 is 2.25 bits per heavy atom. The van der Waals surface area contributed by atoms with Gasteiger partial charge in [-0.15, -0.1) is 0 Å². The number of ether oxygens (including phenoxy) is 1. The molecule has 1 aliphatic heterocycles. The van der Waals surface area contributed by atoms with Gasteiger partial charge in [-0.1, -0.05) is 45.4 Å². The third-order valence-corrected chi connectivity index (χ3v) is 3.13. The molecule has 1 aliphatic rings. The van der Waals surface area contributed by atoms with Crippen LogP contribution in [0.15, 0.2) is 0 Å². The number of hydrazine groups is 1. The highest BCUT2D eigenvalue weighted by Gasteiger charge is 2.08. The van der Waals surface area contributed by atoms with E-state index < -0.39 is 0 Å². The van der Waals surface area contributed by atoms with E-state index in [1.165, 1.54) is 44.9 Å². The van der Waals surface area contributed by atoms with Gasteiger partial charge < -0.3 is 4.74 Å². The predicted molar refractivity (Wildman–Crippen MR) is 68.4 cm³/mol. The SMILES string of the molecule is CCCCCCCCCNN1CCOCC1. The quantitative estimate of drug-likeness (QED) is 0.614. The zero-order valence-electron chi connectivity index (χ0n) is 10.8. The highest BCUT2D eigenvalue weighted by atomic mass is 16.5. The second-order valence-corrected chi connectivity index (χ2v) is 4.63. The standard InChI is InChI=1S/C13H28N2O/c1-2-3-4-5-6-7-8-9-14-15-10-12-16-13-11-15/h14H,2-13H2,1H3. The van der Waals surface area contributed by atoms with E-state index >= 15 is 0 Å². The highest BCUT2D eigenvalue weighted by Crippen LogP contribution is 2.06. The second kappa shape index (κ2) is 10.1. The van der Waals surface area contributed by atoms with E-state index in [0.29, 0.717) is 0 Å². The number of morpholine rings is 1. The molecule has 1 saturated heterocycles. The molecule has 1 fully saturated rings. The lowest BCUT2D eigenvalue weighted by Crippen LogP contribution is -2.45. The Kier molecular flexibility index (Phi) is 8.77. The zero-order chi connectivity index (χ0) is 11.5. The van der Waals surface area contributed by atoms with E-state index in [4.69, 9.17) is 4.74 Å². The Hall–Kier alpha value is -0.120. The monoisotopic (exact) mass is 228 g/mol. The summed E-state index contributed by atoms with van der Waals surface area (Å²) >= 11 is 0. The van der Waals surface area contributed by atoms with Gasteiger partial charge in [-0.05, 0) is 6.42 Å². The Labute approximate surface area is 101 Å². The smallest absolute Gasteiger partial charge is 0.0608 e. The maximum Gasteiger partial charge on any atom is 0.0608 e. The van der Waals surface area contributed by atoms with Gasteiger partial charge in [0.1, 0.15) is 0 Å². The van der Waals surface area contributed by atoms with Crippen molar-refractivity contribution < 1.29 is 4.74 Å².